The number of nitrogens with two attached hydrogens (primary N) is 2. The molecule has 0 amide bonds. The zero-order valence-corrected chi connectivity index (χ0v) is 7.70. The van der Waals surface area contributed by atoms with Gasteiger partial charge in [0, 0.05) is 22.3 Å². The quantitative estimate of drug-likeness (QED) is 0.528. The lowest BCUT2D eigenvalue weighted by atomic mass is 10.2. The van der Waals surface area contributed by atoms with Crippen LogP contribution in [-0.2, 0) is 0 Å². The van der Waals surface area contributed by atoms with Gasteiger partial charge in [-0.25, -0.2) is 0 Å². The number of nitrogens with one attached hydrogen (secondary N) is 1. The van der Waals surface area contributed by atoms with Crippen LogP contribution in [-0.4, -0.2) is 16.7 Å². The number of aliphatic hydroxyl groups is 1. The summed E-state index contributed by atoms with van der Waals surface area (Å²) in [6, 6.07) is 7.15. The number of aromatic amines is 1. The molecule has 0 aliphatic rings. The standard InChI is InChI=1S/C10H13N3O/c11-7-2-1-3-9-6(7)4-10(13-9)8(12)5-14/h1-4,8,13-14H,5,11-12H2/t8-/m1/s1. The second-order valence-electron chi connectivity index (χ2n) is 3.32. The van der Waals surface area contributed by atoms with Gasteiger partial charge in [0.1, 0.15) is 0 Å². The molecule has 0 radical (unpaired) electrons. The first-order chi connectivity index (χ1) is 6.72. The second-order valence-corrected chi connectivity index (χ2v) is 3.32. The number of aromatic nitrogens is 1. The van der Waals surface area contributed by atoms with Gasteiger partial charge in [0.15, 0.2) is 0 Å². The van der Waals surface area contributed by atoms with E-state index in [1.165, 1.54) is 0 Å². The van der Waals surface area contributed by atoms with Crippen LogP contribution in [0.2, 0.25) is 0 Å². The molecule has 0 saturated carbocycles. The van der Waals surface area contributed by atoms with E-state index in [1.54, 1.807) is 0 Å². The van der Waals surface area contributed by atoms with Crippen molar-refractivity contribution in [1.29, 1.82) is 0 Å². The molecular weight excluding hydrogens is 178 g/mol. The predicted octanol–water partition coefficient (Wildman–Crippen LogP) is 0.742. The SMILES string of the molecule is Nc1cccc2[nH]c([C@H](N)CO)cc12. The lowest BCUT2D eigenvalue weighted by molar-refractivity contribution is 0.266. The van der Waals surface area contributed by atoms with Gasteiger partial charge < -0.3 is 21.6 Å². The highest BCUT2D eigenvalue weighted by atomic mass is 16.3. The summed E-state index contributed by atoms with van der Waals surface area (Å²) in [7, 11) is 0. The summed E-state index contributed by atoms with van der Waals surface area (Å²) in [5.74, 6) is 0. The Morgan fingerprint density at radius 1 is 1.43 bits per heavy atom. The summed E-state index contributed by atoms with van der Waals surface area (Å²) >= 11 is 0. The first-order valence-corrected chi connectivity index (χ1v) is 4.46. The van der Waals surface area contributed by atoms with E-state index in [4.69, 9.17) is 16.6 Å². The Bertz CT molecular complexity index is 450. The molecular formula is C10H13N3O. The Hall–Kier alpha value is -1.52. The zero-order valence-electron chi connectivity index (χ0n) is 7.70. The van der Waals surface area contributed by atoms with Crippen molar-refractivity contribution in [3.63, 3.8) is 0 Å². The number of nitrogen functional groups attached to an aromatic ring is 1. The largest absolute Gasteiger partial charge is 0.398 e. The van der Waals surface area contributed by atoms with E-state index in [0.29, 0.717) is 0 Å². The molecule has 1 heterocycles. The third-order valence-electron chi connectivity index (χ3n) is 2.31. The van der Waals surface area contributed by atoms with Gasteiger partial charge in [-0.05, 0) is 18.2 Å². The number of H-pyrrole nitrogens is 1. The summed E-state index contributed by atoms with van der Waals surface area (Å²) in [6.45, 7) is -0.0767. The molecule has 0 aliphatic carbocycles. The summed E-state index contributed by atoms with van der Waals surface area (Å²) < 4.78 is 0. The number of hydrogen-bond acceptors (Lipinski definition) is 3. The Kier molecular flexibility index (Phi) is 2.15. The van der Waals surface area contributed by atoms with E-state index in [9.17, 15) is 0 Å². The average molecular weight is 191 g/mol. The monoisotopic (exact) mass is 191 g/mol. The molecule has 14 heavy (non-hydrogen) atoms. The molecule has 2 rings (SSSR count). The third kappa shape index (κ3) is 1.34. The van der Waals surface area contributed by atoms with E-state index in [2.05, 4.69) is 4.98 Å². The summed E-state index contributed by atoms with van der Waals surface area (Å²) in [4.78, 5) is 3.12. The van der Waals surface area contributed by atoms with Crippen LogP contribution in [0.25, 0.3) is 10.9 Å². The van der Waals surface area contributed by atoms with Crippen molar-refractivity contribution in [2.24, 2.45) is 5.73 Å². The number of aliphatic hydroxyl groups excluding tert-OH is 1. The van der Waals surface area contributed by atoms with E-state index in [0.717, 1.165) is 22.3 Å². The van der Waals surface area contributed by atoms with Crippen LogP contribution in [0.3, 0.4) is 0 Å². The summed E-state index contributed by atoms with van der Waals surface area (Å²) in [6.07, 6.45) is 0. The Labute approximate surface area is 81.5 Å². The maximum Gasteiger partial charge on any atom is 0.0683 e. The van der Waals surface area contributed by atoms with Gasteiger partial charge >= 0.3 is 0 Å². The van der Waals surface area contributed by atoms with Crippen LogP contribution >= 0.6 is 0 Å². The van der Waals surface area contributed by atoms with E-state index in [-0.39, 0.29) is 12.6 Å². The highest BCUT2D eigenvalue weighted by molar-refractivity contribution is 5.91. The minimum Gasteiger partial charge on any atom is -0.398 e. The second kappa shape index (κ2) is 3.32. The first-order valence-electron chi connectivity index (χ1n) is 4.46. The number of hydrogen-bond donors (Lipinski definition) is 4. The number of rotatable bonds is 2. The van der Waals surface area contributed by atoms with Gasteiger partial charge in [0.25, 0.3) is 0 Å². The molecule has 4 heteroatoms. The fourth-order valence-electron chi connectivity index (χ4n) is 1.50. The predicted molar refractivity (Wildman–Crippen MR) is 56.7 cm³/mol. The van der Waals surface area contributed by atoms with Gasteiger partial charge in [-0.3, -0.25) is 0 Å². The maximum atomic E-state index is 8.91. The van der Waals surface area contributed by atoms with Crippen molar-refractivity contribution >= 4 is 16.6 Å². The molecule has 1 atom stereocenters. The van der Waals surface area contributed by atoms with Gasteiger partial charge in [-0.2, -0.15) is 0 Å². The highest BCUT2D eigenvalue weighted by Gasteiger charge is 2.08. The number of anilines is 1. The molecule has 4 nitrogen and oxygen atoms in total. The number of benzene rings is 1. The Balaban J connectivity index is 2.56. The number of fused-ring (bicyclic) bond motifs is 1. The fourth-order valence-corrected chi connectivity index (χ4v) is 1.50. The molecule has 0 saturated heterocycles. The van der Waals surface area contributed by atoms with Crippen molar-refractivity contribution in [2.45, 2.75) is 6.04 Å². The lowest BCUT2D eigenvalue weighted by Gasteiger charge is -2.03. The molecule has 0 spiro atoms. The van der Waals surface area contributed by atoms with E-state index < -0.39 is 0 Å². The summed E-state index contributed by atoms with van der Waals surface area (Å²) in [5, 5.41) is 9.86. The third-order valence-corrected chi connectivity index (χ3v) is 2.31. The highest BCUT2D eigenvalue weighted by Crippen LogP contribution is 2.23. The van der Waals surface area contributed by atoms with Crippen LogP contribution in [0.4, 0.5) is 5.69 Å². The molecule has 1 aromatic carbocycles. The topological polar surface area (TPSA) is 88.1 Å². The Morgan fingerprint density at radius 3 is 2.86 bits per heavy atom. The van der Waals surface area contributed by atoms with Gasteiger partial charge in [-0.1, -0.05) is 6.07 Å². The molecule has 74 valence electrons. The molecule has 2 aromatic rings. The van der Waals surface area contributed by atoms with E-state index in [1.807, 2.05) is 24.3 Å². The van der Waals surface area contributed by atoms with Crippen LogP contribution in [0, 0.1) is 0 Å². The fraction of sp³-hybridized carbons (Fsp3) is 0.200. The smallest absolute Gasteiger partial charge is 0.0683 e. The molecule has 0 aliphatic heterocycles. The average Bonchev–Trinajstić information content (AvgIpc) is 2.62. The lowest BCUT2D eigenvalue weighted by Crippen LogP contribution is -2.14. The van der Waals surface area contributed by atoms with Crippen LogP contribution in [0.5, 0.6) is 0 Å². The van der Waals surface area contributed by atoms with Crippen molar-refractivity contribution in [3.8, 4) is 0 Å². The van der Waals surface area contributed by atoms with E-state index >= 15 is 0 Å². The molecule has 1 aromatic heterocycles. The zero-order chi connectivity index (χ0) is 10.1. The van der Waals surface area contributed by atoms with Crippen molar-refractivity contribution in [2.75, 3.05) is 12.3 Å². The first kappa shape index (κ1) is 9.05. The minimum atomic E-state index is -0.373. The van der Waals surface area contributed by atoms with Gasteiger partial charge in [0.2, 0.25) is 0 Å². The molecule has 6 N–H and O–H groups in total. The Morgan fingerprint density at radius 2 is 2.21 bits per heavy atom. The molecule has 0 bridgehead atoms. The van der Waals surface area contributed by atoms with Crippen molar-refractivity contribution < 1.29 is 5.11 Å². The maximum absolute atomic E-state index is 8.91. The molecule has 0 fully saturated rings. The minimum absolute atomic E-state index is 0.0767. The summed E-state index contributed by atoms with van der Waals surface area (Å²) in [5.41, 5.74) is 13.9. The normalized spacial score (nSPS) is 13.3. The van der Waals surface area contributed by atoms with Crippen molar-refractivity contribution in [1.82, 2.24) is 4.98 Å². The van der Waals surface area contributed by atoms with Crippen LogP contribution < -0.4 is 11.5 Å². The molecule has 0 unspecified atom stereocenters. The van der Waals surface area contributed by atoms with Crippen molar-refractivity contribution in [3.05, 3.63) is 30.0 Å². The van der Waals surface area contributed by atoms with Crippen LogP contribution in [0.1, 0.15) is 11.7 Å². The van der Waals surface area contributed by atoms with Crippen LogP contribution in [0.15, 0.2) is 24.3 Å². The van der Waals surface area contributed by atoms with Gasteiger partial charge in [-0.15, -0.1) is 0 Å². The van der Waals surface area contributed by atoms with Gasteiger partial charge in [0.05, 0.1) is 12.6 Å².